The van der Waals surface area contributed by atoms with Crippen LogP contribution in [0.4, 0.5) is 4.39 Å². The SMILES string of the molecule is CC(Sc1nc2ccccc2c(=O)n1CCCN1CCOCC1)C(=O)c1ccc(F)cc1. The van der Waals surface area contributed by atoms with Crippen molar-refractivity contribution < 1.29 is 13.9 Å². The van der Waals surface area contributed by atoms with E-state index < -0.39 is 5.25 Å². The van der Waals surface area contributed by atoms with Crippen molar-refractivity contribution in [3.8, 4) is 0 Å². The Bertz CT molecular complexity index is 1140. The molecule has 1 aromatic heterocycles. The van der Waals surface area contributed by atoms with Crippen LogP contribution in [0, 0.1) is 5.82 Å². The lowest BCUT2D eigenvalue weighted by molar-refractivity contribution is 0.0368. The monoisotopic (exact) mass is 455 g/mol. The molecular formula is C24H26FN3O3S. The second-order valence-corrected chi connectivity index (χ2v) is 9.12. The van der Waals surface area contributed by atoms with Gasteiger partial charge in [0.25, 0.3) is 5.56 Å². The number of thioether (sulfide) groups is 1. The maximum atomic E-state index is 13.2. The normalized spacial score (nSPS) is 15.7. The number of hydrogen-bond donors (Lipinski definition) is 0. The van der Waals surface area contributed by atoms with Gasteiger partial charge in [-0.25, -0.2) is 9.37 Å². The van der Waals surface area contributed by atoms with E-state index in [1.165, 1.54) is 36.0 Å². The molecule has 8 heteroatoms. The summed E-state index contributed by atoms with van der Waals surface area (Å²) < 4.78 is 20.3. The third-order valence-corrected chi connectivity index (χ3v) is 6.66. The second-order valence-electron chi connectivity index (χ2n) is 7.81. The third-order valence-electron chi connectivity index (χ3n) is 5.57. The number of hydrogen-bond acceptors (Lipinski definition) is 6. The van der Waals surface area contributed by atoms with E-state index >= 15 is 0 Å². The number of rotatable bonds is 8. The summed E-state index contributed by atoms with van der Waals surface area (Å²) in [5.41, 5.74) is 0.959. The lowest BCUT2D eigenvalue weighted by Gasteiger charge is -2.26. The van der Waals surface area contributed by atoms with Gasteiger partial charge in [-0.15, -0.1) is 0 Å². The van der Waals surface area contributed by atoms with Gasteiger partial charge in [0, 0.05) is 31.7 Å². The molecule has 0 N–H and O–H groups in total. The smallest absolute Gasteiger partial charge is 0.262 e. The Morgan fingerprint density at radius 2 is 1.84 bits per heavy atom. The summed E-state index contributed by atoms with van der Waals surface area (Å²) in [7, 11) is 0. The predicted octanol–water partition coefficient (Wildman–Crippen LogP) is 3.62. The Balaban J connectivity index is 1.56. The van der Waals surface area contributed by atoms with E-state index in [0.29, 0.717) is 28.2 Å². The highest BCUT2D eigenvalue weighted by Gasteiger charge is 2.21. The number of carbonyl (C=O) groups is 1. The van der Waals surface area contributed by atoms with Gasteiger partial charge in [-0.3, -0.25) is 19.1 Å². The third kappa shape index (κ3) is 5.26. The Kier molecular flexibility index (Phi) is 7.34. The molecule has 1 atom stereocenters. The molecule has 2 heterocycles. The van der Waals surface area contributed by atoms with Crippen molar-refractivity contribution in [1.82, 2.24) is 14.5 Å². The highest BCUT2D eigenvalue weighted by Crippen LogP contribution is 2.25. The Labute approximate surface area is 190 Å². The fourth-order valence-corrected chi connectivity index (χ4v) is 4.78. The summed E-state index contributed by atoms with van der Waals surface area (Å²) in [5, 5.41) is 0.624. The number of aromatic nitrogens is 2. The lowest BCUT2D eigenvalue weighted by atomic mass is 10.1. The van der Waals surface area contributed by atoms with Gasteiger partial charge in [-0.1, -0.05) is 23.9 Å². The molecule has 6 nitrogen and oxygen atoms in total. The van der Waals surface area contributed by atoms with Crippen molar-refractivity contribution in [3.05, 3.63) is 70.3 Å². The van der Waals surface area contributed by atoms with Crippen molar-refractivity contribution in [3.63, 3.8) is 0 Å². The number of nitrogens with zero attached hydrogens (tertiary/aromatic N) is 3. The van der Waals surface area contributed by atoms with Gasteiger partial charge in [0.2, 0.25) is 0 Å². The summed E-state index contributed by atoms with van der Waals surface area (Å²) in [5.74, 6) is -0.510. The van der Waals surface area contributed by atoms with Crippen LogP contribution >= 0.6 is 11.8 Å². The van der Waals surface area contributed by atoms with E-state index in [-0.39, 0.29) is 17.2 Å². The number of carbonyl (C=O) groups excluding carboxylic acids is 1. The number of benzene rings is 2. The Morgan fingerprint density at radius 1 is 1.12 bits per heavy atom. The largest absolute Gasteiger partial charge is 0.379 e. The fraction of sp³-hybridized carbons (Fsp3) is 0.375. The number of Topliss-reactive ketones (excluding diaryl/α,β-unsaturated/α-hetero) is 1. The number of halogens is 1. The molecule has 0 amide bonds. The van der Waals surface area contributed by atoms with Gasteiger partial charge in [-0.2, -0.15) is 0 Å². The molecule has 0 spiro atoms. The van der Waals surface area contributed by atoms with Crippen molar-refractivity contribution in [2.75, 3.05) is 32.8 Å². The van der Waals surface area contributed by atoms with Gasteiger partial charge < -0.3 is 4.74 Å². The second kappa shape index (κ2) is 10.4. The van der Waals surface area contributed by atoms with Crippen LogP contribution in [0.3, 0.4) is 0 Å². The molecular weight excluding hydrogens is 429 g/mol. The average molecular weight is 456 g/mol. The van der Waals surface area contributed by atoms with E-state index in [4.69, 9.17) is 9.72 Å². The van der Waals surface area contributed by atoms with Crippen LogP contribution in [-0.2, 0) is 11.3 Å². The molecule has 1 unspecified atom stereocenters. The van der Waals surface area contributed by atoms with Gasteiger partial charge in [-0.05, 0) is 49.7 Å². The Hall–Kier alpha value is -2.55. The van der Waals surface area contributed by atoms with Crippen LogP contribution in [-0.4, -0.2) is 58.3 Å². The molecule has 3 aromatic rings. The van der Waals surface area contributed by atoms with E-state index in [0.717, 1.165) is 39.3 Å². The first kappa shape index (κ1) is 22.6. The summed E-state index contributed by atoms with van der Waals surface area (Å²) in [4.78, 5) is 33.1. The zero-order valence-corrected chi connectivity index (χ0v) is 18.8. The molecule has 1 aliphatic heterocycles. The molecule has 1 aliphatic rings. The van der Waals surface area contributed by atoms with Gasteiger partial charge in [0.05, 0.1) is 29.4 Å². The number of para-hydroxylation sites is 1. The average Bonchev–Trinajstić information content (AvgIpc) is 2.82. The fourth-order valence-electron chi connectivity index (χ4n) is 3.77. The van der Waals surface area contributed by atoms with Crippen molar-refractivity contribution in [1.29, 1.82) is 0 Å². The highest BCUT2D eigenvalue weighted by atomic mass is 32.2. The van der Waals surface area contributed by atoms with Gasteiger partial charge in [0.1, 0.15) is 5.82 Å². The molecule has 168 valence electrons. The number of morpholine rings is 1. The van der Waals surface area contributed by atoms with Crippen molar-refractivity contribution in [2.24, 2.45) is 0 Å². The first-order valence-corrected chi connectivity index (χ1v) is 11.7. The Morgan fingerprint density at radius 3 is 2.59 bits per heavy atom. The van der Waals surface area contributed by atoms with Crippen LogP contribution in [0.15, 0.2) is 58.5 Å². The molecule has 1 saturated heterocycles. The lowest BCUT2D eigenvalue weighted by Crippen LogP contribution is -2.37. The number of ketones is 1. The summed E-state index contributed by atoms with van der Waals surface area (Å²) in [6, 6.07) is 12.8. The molecule has 2 aromatic carbocycles. The summed E-state index contributed by atoms with van der Waals surface area (Å²) >= 11 is 1.27. The maximum absolute atomic E-state index is 13.2. The summed E-state index contributed by atoms with van der Waals surface area (Å²) in [6.07, 6.45) is 0.799. The first-order valence-electron chi connectivity index (χ1n) is 10.8. The minimum atomic E-state index is -0.473. The minimum absolute atomic E-state index is 0.0958. The topological polar surface area (TPSA) is 64.4 Å². The van der Waals surface area contributed by atoms with Crippen LogP contribution in [0.1, 0.15) is 23.7 Å². The van der Waals surface area contributed by atoms with E-state index in [1.807, 2.05) is 18.2 Å². The maximum Gasteiger partial charge on any atom is 0.262 e. The molecule has 1 fully saturated rings. The predicted molar refractivity (Wildman–Crippen MR) is 124 cm³/mol. The standard InChI is InChI=1S/C24H26FN3O3S/c1-17(22(29)18-7-9-19(25)10-8-18)32-24-26-21-6-3-2-5-20(21)23(30)28(24)12-4-11-27-13-15-31-16-14-27/h2-3,5-10,17H,4,11-16H2,1H3. The molecule has 0 bridgehead atoms. The van der Waals surface area contributed by atoms with Crippen LogP contribution in [0.5, 0.6) is 0 Å². The van der Waals surface area contributed by atoms with Crippen LogP contribution in [0.25, 0.3) is 10.9 Å². The van der Waals surface area contributed by atoms with Gasteiger partial charge in [0.15, 0.2) is 10.9 Å². The molecule has 4 rings (SSSR count). The molecule has 0 aliphatic carbocycles. The van der Waals surface area contributed by atoms with Crippen LogP contribution in [0.2, 0.25) is 0 Å². The molecule has 0 saturated carbocycles. The quantitative estimate of drug-likeness (QED) is 0.294. The summed E-state index contributed by atoms with van der Waals surface area (Å²) in [6.45, 7) is 6.45. The van der Waals surface area contributed by atoms with E-state index in [1.54, 1.807) is 17.6 Å². The molecule has 32 heavy (non-hydrogen) atoms. The highest BCUT2D eigenvalue weighted by molar-refractivity contribution is 8.00. The van der Waals surface area contributed by atoms with Gasteiger partial charge >= 0.3 is 0 Å². The zero-order valence-electron chi connectivity index (χ0n) is 18.0. The zero-order chi connectivity index (χ0) is 22.5. The van der Waals surface area contributed by atoms with Crippen molar-refractivity contribution in [2.45, 2.75) is 30.3 Å². The minimum Gasteiger partial charge on any atom is -0.379 e. The van der Waals surface area contributed by atoms with Crippen LogP contribution < -0.4 is 5.56 Å². The van der Waals surface area contributed by atoms with E-state index in [2.05, 4.69) is 4.90 Å². The van der Waals surface area contributed by atoms with Crippen molar-refractivity contribution >= 4 is 28.4 Å². The first-order chi connectivity index (χ1) is 15.5. The number of fused-ring (bicyclic) bond motifs is 1. The van der Waals surface area contributed by atoms with E-state index in [9.17, 15) is 14.0 Å². The molecule has 0 radical (unpaired) electrons. The number of ether oxygens (including phenoxy) is 1.